The van der Waals surface area contributed by atoms with E-state index in [2.05, 4.69) is 47.5 Å². The molecule has 0 unspecified atom stereocenters. The van der Waals surface area contributed by atoms with Gasteiger partial charge in [0, 0.05) is 25.8 Å². The number of hydrogen-bond acceptors (Lipinski definition) is 14. The SMILES string of the molecule is NCCCC[C@H](NC(=O)[C@@H](N)CCCCN)C(=O)NCC(=O)NCC(=O)N[C@@H](Cc1ccccc1)C(=O)N[C@@H](CO)C(=O)N[C@@H](Cc1ccccc1)C(=O)N[C@@H](CCCN=C(N)N)C(=O)N[C@@H](Cc1ccccc1)C(N)=O. The van der Waals surface area contributed by atoms with E-state index in [4.69, 9.17) is 34.4 Å². The molecule has 9 amide bonds. The zero-order chi connectivity index (χ0) is 56.5. The molecule has 0 aliphatic rings. The number of aliphatic hydroxyl groups excluding tert-OH is 1. The normalized spacial score (nSPS) is 13.6. The molecule has 0 aromatic heterocycles. The molecule has 420 valence electrons. The summed E-state index contributed by atoms with van der Waals surface area (Å²) in [6, 6.07) is 17.1. The number of nitrogens with two attached hydrogens (primary N) is 6. The first kappa shape index (κ1) is 63.3. The van der Waals surface area contributed by atoms with E-state index < -0.39 is 115 Å². The molecule has 0 heterocycles. The van der Waals surface area contributed by atoms with Crippen molar-refractivity contribution < 1.29 is 48.3 Å². The van der Waals surface area contributed by atoms with Gasteiger partial charge in [0.2, 0.25) is 53.2 Å². The molecule has 77 heavy (non-hydrogen) atoms. The lowest BCUT2D eigenvalue weighted by Crippen LogP contribution is -2.60. The summed E-state index contributed by atoms with van der Waals surface area (Å²) in [5.74, 6) is -7.35. The van der Waals surface area contributed by atoms with Crippen molar-refractivity contribution in [1.82, 2.24) is 42.5 Å². The second-order valence-electron chi connectivity index (χ2n) is 18.2. The number of unbranched alkanes of at least 4 members (excludes halogenated alkanes) is 2. The molecule has 0 saturated heterocycles. The van der Waals surface area contributed by atoms with Gasteiger partial charge in [0.05, 0.1) is 25.7 Å². The third kappa shape index (κ3) is 24.9. The summed E-state index contributed by atoms with van der Waals surface area (Å²) in [5.41, 5.74) is 35.7. The smallest absolute Gasteiger partial charge is 0.245 e. The maximum atomic E-state index is 14.2. The first-order chi connectivity index (χ1) is 36.9. The molecule has 0 spiro atoms. The lowest BCUT2D eigenvalue weighted by Gasteiger charge is -2.27. The lowest BCUT2D eigenvalue weighted by molar-refractivity contribution is -0.135. The minimum absolute atomic E-state index is 0.0226. The van der Waals surface area contributed by atoms with Crippen LogP contribution < -0.4 is 76.9 Å². The Morgan fingerprint density at radius 3 is 1.35 bits per heavy atom. The Bertz CT molecular complexity index is 2380. The Balaban J connectivity index is 1.75. The minimum atomic E-state index is -1.68. The number of aliphatic hydroxyl groups is 1. The molecular formula is C52H77N15O10. The molecule has 25 nitrogen and oxygen atoms in total. The molecule has 3 aromatic carbocycles. The van der Waals surface area contributed by atoms with Crippen LogP contribution in [0.3, 0.4) is 0 Å². The van der Waals surface area contributed by atoms with Crippen LogP contribution in [0.2, 0.25) is 0 Å². The summed E-state index contributed by atoms with van der Waals surface area (Å²) in [7, 11) is 0. The Morgan fingerprint density at radius 2 is 0.844 bits per heavy atom. The first-order valence-electron chi connectivity index (χ1n) is 25.5. The second kappa shape index (κ2) is 35.3. The summed E-state index contributed by atoms with van der Waals surface area (Å²) >= 11 is 0. The van der Waals surface area contributed by atoms with E-state index in [1.807, 2.05) is 0 Å². The van der Waals surface area contributed by atoms with Gasteiger partial charge in [-0.25, -0.2) is 0 Å². The first-order valence-corrected chi connectivity index (χ1v) is 25.5. The number of hydrogen-bond donors (Lipinski definition) is 15. The Labute approximate surface area is 448 Å². The molecular weight excluding hydrogens is 995 g/mol. The molecule has 3 rings (SSSR count). The van der Waals surface area contributed by atoms with Crippen LogP contribution in [-0.2, 0) is 62.4 Å². The van der Waals surface area contributed by atoms with E-state index in [0.717, 1.165) is 0 Å². The van der Waals surface area contributed by atoms with E-state index in [9.17, 15) is 48.3 Å². The van der Waals surface area contributed by atoms with Gasteiger partial charge in [-0.2, -0.15) is 0 Å². The highest BCUT2D eigenvalue weighted by Gasteiger charge is 2.33. The number of amides is 9. The van der Waals surface area contributed by atoms with Gasteiger partial charge in [0.25, 0.3) is 0 Å². The minimum Gasteiger partial charge on any atom is -0.394 e. The maximum Gasteiger partial charge on any atom is 0.245 e. The molecule has 0 fully saturated rings. The fourth-order valence-corrected chi connectivity index (χ4v) is 7.70. The van der Waals surface area contributed by atoms with Gasteiger partial charge in [0.15, 0.2) is 5.96 Å². The maximum absolute atomic E-state index is 14.2. The average Bonchev–Trinajstić information content (AvgIpc) is 3.41. The van der Waals surface area contributed by atoms with Crippen molar-refractivity contribution in [3.63, 3.8) is 0 Å². The van der Waals surface area contributed by atoms with Crippen LogP contribution in [0.25, 0.3) is 0 Å². The molecule has 0 bridgehead atoms. The van der Waals surface area contributed by atoms with Gasteiger partial charge in [-0.1, -0.05) is 97.4 Å². The number of rotatable bonds is 36. The molecule has 0 saturated carbocycles. The fraction of sp³-hybridized carbons (Fsp3) is 0.462. The number of primary amides is 1. The van der Waals surface area contributed by atoms with Crippen LogP contribution in [0.4, 0.5) is 0 Å². The van der Waals surface area contributed by atoms with E-state index in [1.165, 1.54) is 0 Å². The summed E-state index contributed by atoms with van der Waals surface area (Å²) in [5, 5.41) is 30.8. The molecule has 0 radical (unpaired) electrons. The Morgan fingerprint density at radius 1 is 0.442 bits per heavy atom. The van der Waals surface area contributed by atoms with Crippen LogP contribution in [0, 0.1) is 0 Å². The number of aliphatic imine (C=N–C) groups is 1. The van der Waals surface area contributed by atoms with Gasteiger partial charge >= 0.3 is 0 Å². The van der Waals surface area contributed by atoms with Gasteiger partial charge in [-0.15, -0.1) is 0 Å². The largest absolute Gasteiger partial charge is 0.394 e. The van der Waals surface area contributed by atoms with E-state index >= 15 is 0 Å². The monoisotopic (exact) mass is 1070 g/mol. The second-order valence-corrected chi connectivity index (χ2v) is 18.2. The van der Waals surface area contributed by atoms with E-state index in [-0.39, 0.29) is 51.0 Å². The van der Waals surface area contributed by atoms with Crippen molar-refractivity contribution in [2.45, 2.75) is 113 Å². The standard InChI is InChI=1S/C52H77N15O10/c53-24-12-10-21-36(55)46(72)63-37(22-11-13-25-54)47(73)61-30-43(69)60-31-44(70)62-40(28-34-17-6-2-7-18-34)49(75)67-42(32-68)51(77)66-41(29-35-19-8-3-9-20-35)50(76)64-38(23-14-26-59-52(57)58)48(74)65-39(45(56)71)27-33-15-4-1-5-16-33/h1-9,15-20,36-42,68H,10-14,21-32,53-55H2,(H2,56,71)(H,60,69)(H,61,73)(H,62,70)(H,63,72)(H,64,76)(H,65,74)(H,66,77)(H,67,75)(H4,57,58,59)/t36-,37-,38-,39-,40-,41-,42-/m0/s1. The van der Waals surface area contributed by atoms with Crippen LogP contribution in [-0.4, -0.2) is 146 Å². The molecule has 25 heteroatoms. The van der Waals surface area contributed by atoms with Crippen LogP contribution >= 0.6 is 0 Å². The summed E-state index contributed by atoms with van der Waals surface area (Å²) in [4.78, 5) is 125. The van der Waals surface area contributed by atoms with Gasteiger partial charge in [-0.05, 0) is 74.7 Å². The van der Waals surface area contributed by atoms with Gasteiger partial charge in [-0.3, -0.25) is 48.1 Å². The molecule has 0 aliphatic heterocycles. The van der Waals surface area contributed by atoms with Crippen LogP contribution in [0.1, 0.15) is 68.1 Å². The van der Waals surface area contributed by atoms with Crippen LogP contribution in [0.5, 0.6) is 0 Å². The fourth-order valence-electron chi connectivity index (χ4n) is 7.70. The van der Waals surface area contributed by atoms with Gasteiger partial charge < -0.3 is 82.0 Å². The quantitative estimate of drug-likeness (QED) is 0.0150. The Hall–Kier alpha value is -8.00. The van der Waals surface area contributed by atoms with E-state index in [1.54, 1.807) is 91.0 Å². The number of nitrogens with one attached hydrogen (secondary N) is 8. The van der Waals surface area contributed by atoms with Crippen LogP contribution in [0.15, 0.2) is 96.0 Å². The third-order valence-corrected chi connectivity index (χ3v) is 11.9. The predicted octanol–water partition coefficient (Wildman–Crippen LogP) is -4.03. The highest BCUT2D eigenvalue weighted by atomic mass is 16.3. The molecule has 7 atom stereocenters. The zero-order valence-electron chi connectivity index (χ0n) is 43.3. The molecule has 0 aliphatic carbocycles. The van der Waals surface area contributed by atoms with Crippen molar-refractivity contribution in [2.75, 3.05) is 39.3 Å². The van der Waals surface area contributed by atoms with Crippen molar-refractivity contribution >= 4 is 59.1 Å². The number of benzene rings is 3. The van der Waals surface area contributed by atoms with E-state index in [0.29, 0.717) is 61.9 Å². The number of carbonyl (C=O) groups excluding carboxylic acids is 9. The third-order valence-electron chi connectivity index (χ3n) is 11.9. The average molecular weight is 1070 g/mol. The summed E-state index contributed by atoms with van der Waals surface area (Å²) < 4.78 is 0. The topological polar surface area (TPSA) is 439 Å². The molecule has 21 N–H and O–H groups in total. The Kier molecular flexibility index (Phi) is 29.0. The van der Waals surface area contributed by atoms with Crippen molar-refractivity contribution in [3.8, 4) is 0 Å². The lowest BCUT2D eigenvalue weighted by atomic mass is 10.0. The number of guanidine groups is 1. The number of nitrogens with zero attached hydrogens (tertiary/aromatic N) is 1. The van der Waals surface area contributed by atoms with Crippen molar-refractivity contribution in [2.24, 2.45) is 39.4 Å². The molecule has 3 aromatic rings. The van der Waals surface area contributed by atoms with Gasteiger partial charge in [0.1, 0.15) is 36.3 Å². The zero-order valence-corrected chi connectivity index (χ0v) is 43.3. The highest BCUT2D eigenvalue weighted by molar-refractivity contribution is 5.97. The van der Waals surface area contributed by atoms with Crippen molar-refractivity contribution in [1.29, 1.82) is 0 Å². The number of carbonyl (C=O) groups is 9. The predicted molar refractivity (Wildman–Crippen MR) is 288 cm³/mol. The summed E-state index contributed by atoms with van der Waals surface area (Å²) in [6.07, 6.45) is 2.97. The summed E-state index contributed by atoms with van der Waals surface area (Å²) in [6.45, 7) is -1.29. The highest BCUT2D eigenvalue weighted by Crippen LogP contribution is 2.10. The van der Waals surface area contributed by atoms with Crippen molar-refractivity contribution in [3.05, 3.63) is 108 Å².